The number of amides is 1. The predicted octanol–water partition coefficient (Wildman–Crippen LogP) is 4.89. The predicted molar refractivity (Wildman–Crippen MR) is 104 cm³/mol. The number of fused-ring (bicyclic) bond motifs is 1. The smallest absolute Gasteiger partial charge is 0.270 e. The average molecular weight is 385 g/mol. The molecule has 2 aromatic carbocycles. The highest BCUT2D eigenvalue weighted by Crippen LogP contribution is 2.31. The zero-order valence-corrected chi connectivity index (χ0v) is 15.8. The van der Waals surface area contributed by atoms with Gasteiger partial charge < -0.3 is 9.64 Å². The van der Waals surface area contributed by atoms with Gasteiger partial charge in [0.25, 0.3) is 5.91 Å². The number of carbonyl (C=O) groups is 1. The van der Waals surface area contributed by atoms with Crippen molar-refractivity contribution < 1.29 is 9.53 Å². The zero-order valence-electron chi connectivity index (χ0n) is 14.2. The van der Waals surface area contributed by atoms with Gasteiger partial charge in [-0.2, -0.15) is 0 Å². The molecule has 0 saturated heterocycles. The number of thiazole rings is 1. The summed E-state index contributed by atoms with van der Waals surface area (Å²) in [4.78, 5) is 20.0. The third-order valence-electron chi connectivity index (χ3n) is 4.34. The van der Waals surface area contributed by atoms with Crippen LogP contribution in [0.4, 0.5) is 5.69 Å². The molecule has 0 saturated carbocycles. The van der Waals surface area contributed by atoms with Gasteiger partial charge in [0, 0.05) is 17.3 Å². The van der Waals surface area contributed by atoms with Crippen LogP contribution in [0.15, 0.2) is 48.5 Å². The molecule has 1 aliphatic rings. The lowest BCUT2D eigenvalue weighted by molar-refractivity contribution is 0.0992. The molecular weight excluding hydrogens is 368 g/mol. The maximum Gasteiger partial charge on any atom is 0.270 e. The van der Waals surface area contributed by atoms with Crippen LogP contribution in [0.2, 0.25) is 5.02 Å². The first-order valence-electron chi connectivity index (χ1n) is 8.36. The Morgan fingerprint density at radius 3 is 2.81 bits per heavy atom. The summed E-state index contributed by atoms with van der Waals surface area (Å²) in [6.45, 7) is 2.92. The van der Waals surface area contributed by atoms with Crippen LogP contribution in [-0.4, -0.2) is 17.4 Å². The van der Waals surface area contributed by atoms with Crippen molar-refractivity contribution in [3.63, 3.8) is 0 Å². The van der Waals surface area contributed by atoms with E-state index in [1.807, 2.05) is 42.2 Å². The number of hydrogen-bond acceptors (Lipinski definition) is 4. The van der Waals surface area contributed by atoms with Gasteiger partial charge in [-0.3, -0.25) is 4.79 Å². The number of para-hydroxylation sites is 1. The molecule has 0 unspecified atom stereocenters. The highest BCUT2D eigenvalue weighted by Gasteiger charge is 2.28. The SMILES string of the molecule is Cc1nc(COc2ccc(Cl)cc2)sc1C(=O)N1CCc2ccccc21. The summed E-state index contributed by atoms with van der Waals surface area (Å²) in [7, 11) is 0. The summed E-state index contributed by atoms with van der Waals surface area (Å²) in [6.07, 6.45) is 0.895. The maximum absolute atomic E-state index is 13.0. The molecule has 1 aromatic heterocycles. The summed E-state index contributed by atoms with van der Waals surface area (Å²) in [6, 6.07) is 15.3. The van der Waals surface area contributed by atoms with Crippen LogP contribution >= 0.6 is 22.9 Å². The number of aromatic nitrogens is 1. The number of nitrogens with zero attached hydrogens (tertiary/aromatic N) is 2. The second-order valence-electron chi connectivity index (χ2n) is 6.10. The van der Waals surface area contributed by atoms with Crippen molar-refractivity contribution in [3.05, 3.63) is 74.7 Å². The average Bonchev–Trinajstić information content (AvgIpc) is 3.24. The number of hydrogen-bond donors (Lipinski definition) is 0. The molecule has 0 fully saturated rings. The fourth-order valence-electron chi connectivity index (χ4n) is 3.06. The minimum Gasteiger partial charge on any atom is -0.486 e. The molecule has 6 heteroatoms. The molecule has 132 valence electrons. The van der Waals surface area contributed by atoms with Crippen molar-refractivity contribution in [1.82, 2.24) is 4.98 Å². The minimum atomic E-state index is 0.0164. The molecule has 26 heavy (non-hydrogen) atoms. The van der Waals surface area contributed by atoms with E-state index in [-0.39, 0.29) is 5.91 Å². The van der Waals surface area contributed by atoms with E-state index in [0.29, 0.717) is 23.1 Å². The van der Waals surface area contributed by atoms with Gasteiger partial charge in [-0.15, -0.1) is 11.3 Å². The molecule has 4 rings (SSSR count). The quantitative estimate of drug-likeness (QED) is 0.643. The van der Waals surface area contributed by atoms with Crippen LogP contribution in [-0.2, 0) is 13.0 Å². The number of halogens is 1. The molecule has 0 aliphatic carbocycles. The topological polar surface area (TPSA) is 42.4 Å². The number of rotatable bonds is 4. The monoisotopic (exact) mass is 384 g/mol. The molecule has 0 spiro atoms. The first kappa shape index (κ1) is 17.1. The lowest BCUT2D eigenvalue weighted by Gasteiger charge is -2.16. The van der Waals surface area contributed by atoms with Crippen molar-refractivity contribution in [2.75, 3.05) is 11.4 Å². The highest BCUT2D eigenvalue weighted by molar-refractivity contribution is 7.13. The van der Waals surface area contributed by atoms with E-state index in [1.165, 1.54) is 16.9 Å². The lowest BCUT2D eigenvalue weighted by Crippen LogP contribution is -2.28. The van der Waals surface area contributed by atoms with E-state index in [1.54, 1.807) is 12.1 Å². The summed E-state index contributed by atoms with van der Waals surface area (Å²) in [5, 5.41) is 1.45. The Morgan fingerprint density at radius 2 is 2.00 bits per heavy atom. The van der Waals surface area contributed by atoms with Gasteiger partial charge in [-0.25, -0.2) is 4.98 Å². The van der Waals surface area contributed by atoms with Crippen molar-refractivity contribution in [2.24, 2.45) is 0 Å². The van der Waals surface area contributed by atoms with Crippen molar-refractivity contribution in [3.8, 4) is 5.75 Å². The van der Waals surface area contributed by atoms with E-state index >= 15 is 0 Å². The Kier molecular flexibility index (Phi) is 4.66. The van der Waals surface area contributed by atoms with Gasteiger partial charge in [0.2, 0.25) is 0 Å². The molecule has 0 atom stereocenters. The van der Waals surface area contributed by atoms with E-state index in [4.69, 9.17) is 16.3 Å². The van der Waals surface area contributed by atoms with Crippen molar-refractivity contribution in [1.29, 1.82) is 0 Å². The van der Waals surface area contributed by atoms with E-state index < -0.39 is 0 Å². The highest BCUT2D eigenvalue weighted by atomic mass is 35.5. The van der Waals surface area contributed by atoms with E-state index in [9.17, 15) is 4.79 Å². The van der Waals surface area contributed by atoms with Crippen LogP contribution in [0.1, 0.15) is 25.9 Å². The van der Waals surface area contributed by atoms with Crippen LogP contribution < -0.4 is 9.64 Å². The number of anilines is 1. The van der Waals surface area contributed by atoms with Crippen LogP contribution in [0.3, 0.4) is 0 Å². The number of benzene rings is 2. The molecule has 0 radical (unpaired) electrons. The van der Waals surface area contributed by atoms with Crippen LogP contribution in [0, 0.1) is 6.92 Å². The summed E-state index contributed by atoms with van der Waals surface area (Å²) < 4.78 is 5.74. The minimum absolute atomic E-state index is 0.0164. The molecule has 4 nitrogen and oxygen atoms in total. The van der Waals surface area contributed by atoms with Crippen molar-refractivity contribution >= 4 is 34.5 Å². The lowest BCUT2D eigenvalue weighted by atomic mass is 10.2. The summed E-state index contributed by atoms with van der Waals surface area (Å²) >= 11 is 7.28. The largest absolute Gasteiger partial charge is 0.486 e. The fraction of sp³-hybridized carbons (Fsp3) is 0.200. The zero-order chi connectivity index (χ0) is 18.1. The molecule has 3 aromatic rings. The van der Waals surface area contributed by atoms with Gasteiger partial charge in [0.05, 0.1) is 5.69 Å². The Hall–Kier alpha value is -2.37. The molecule has 0 bridgehead atoms. The first-order chi connectivity index (χ1) is 12.6. The fourth-order valence-corrected chi connectivity index (χ4v) is 4.11. The van der Waals surface area contributed by atoms with Gasteiger partial charge in [0.15, 0.2) is 0 Å². The third kappa shape index (κ3) is 3.32. The standard InChI is InChI=1S/C20H17ClN2O2S/c1-13-19(20(24)23-11-10-14-4-2-3-5-17(14)23)26-18(22-13)12-25-16-8-6-15(21)7-9-16/h2-9H,10-12H2,1H3. The second-order valence-corrected chi connectivity index (χ2v) is 7.62. The Morgan fingerprint density at radius 1 is 1.23 bits per heavy atom. The first-order valence-corrected chi connectivity index (χ1v) is 9.56. The molecule has 1 aliphatic heterocycles. The number of ether oxygens (including phenoxy) is 1. The molecule has 1 amide bonds. The van der Waals surface area contributed by atoms with Crippen LogP contribution in [0.25, 0.3) is 0 Å². The van der Waals surface area contributed by atoms with Gasteiger partial charge in [-0.05, 0) is 49.2 Å². The Balaban J connectivity index is 1.50. The maximum atomic E-state index is 13.0. The van der Waals surface area contributed by atoms with Crippen molar-refractivity contribution in [2.45, 2.75) is 20.0 Å². The summed E-state index contributed by atoms with van der Waals surface area (Å²) in [5.41, 5.74) is 2.97. The van der Waals surface area contributed by atoms with Gasteiger partial charge in [0.1, 0.15) is 22.2 Å². The molecular formula is C20H17ClN2O2S. The van der Waals surface area contributed by atoms with Gasteiger partial charge >= 0.3 is 0 Å². The Labute approximate surface area is 161 Å². The van der Waals surface area contributed by atoms with E-state index in [2.05, 4.69) is 11.1 Å². The Bertz CT molecular complexity index is 953. The summed E-state index contributed by atoms with van der Waals surface area (Å²) in [5.74, 6) is 0.742. The normalized spacial score (nSPS) is 12.9. The second kappa shape index (κ2) is 7.09. The molecule has 2 heterocycles. The van der Waals surface area contributed by atoms with E-state index in [0.717, 1.165) is 28.6 Å². The third-order valence-corrected chi connectivity index (χ3v) is 5.71. The van der Waals surface area contributed by atoms with Gasteiger partial charge in [-0.1, -0.05) is 29.8 Å². The van der Waals surface area contributed by atoms with Crippen LogP contribution in [0.5, 0.6) is 5.75 Å². The molecule has 0 N–H and O–H groups in total. The number of carbonyl (C=O) groups excluding carboxylic acids is 1. The number of aryl methyl sites for hydroxylation is 1.